The molecule has 1 aliphatic heterocycles. The van der Waals surface area contributed by atoms with Crippen LogP contribution in [0.5, 0.6) is 0 Å². The Hall–Kier alpha value is -1.39. The number of rotatable bonds is 5. The molecule has 0 radical (unpaired) electrons. The molecule has 0 aliphatic carbocycles. The predicted octanol–water partition coefficient (Wildman–Crippen LogP) is 3.21. The van der Waals surface area contributed by atoms with Gasteiger partial charge in [-0.1, -0.05) is 35.5 Å². The Morgan fingerprint density at radius 3 is 2.82 bits per heavy atom. The van der Waals surface area contributed by atoms with Crippen LogP contribution in [0.3, 0.4) is 0 Å². The van der Waals surface area contributed by atoms with E-state index in [1.807, 2.05) is 6.07 Å². The van der Waals surface area contributed by atoms with Gasteiger partial charge in [-0.15, -0.1) is 12.4 Å². The average Bonchev–Trinajstić information content (AvgIpc) is 2.80. The fourth-order valence-corrected chi connectivity index (χ4v) is 2.92. The van der Waals surface area contributed by atoms with Gasteiger partial charge in [-0.3, -0.25) is 0 Å². The minimum absolute atomic E-state index is 0. The lowest BCUT2D eigenvalue weighted by Crippen LogP contribution is -2.14. The largest absolute Gasteiger partial charge is 0.339 e. The van der Waals surface area contributed by atoms with Crippen molar-refractivity contribution in [2.24, 2.45) is 5.92 Å². The van der Waals surface area contributed by atoms with Crippen molar-refractivity contribution in [1.29, 1.82) is 0 Å². The molecule has 0 bridgehead atoms. The first-order valence-electron chi connectivity index (χ1n) is 7.96. The molecule has 1 aromatic carbocycles. The first-order chi connectivity index (χ1) is 10.4. The fraction of sp³-hybridized carbons (Fsp3) is 0.529. The molecular weight excluding hydrogens is 298 g/mol. The van der Waals surface area contributed by atoms with Crippen LogP contribution in [0.2, 0.25) is 0 Å². The second-order valence-electron chi connectivity index (χ2n) is 5.84. The predicted molar refractivity (Wildman–Crippen MR) is 89.3 cm³/mol. The molecule has 22 heavy (non-hydrogen) atoms. The highest BCUT2D eigenvalue weighted by Gasteiger charge is 2.16. The first-order valence-corrected chi connectivity index (χ1v) is 7.96. The second kappa shape index (κ2) is 8.91. The quantitative estimate of drug-likeness (QED) is 0.918. The number of hydrogen-bond donors (Lipinski definition) is 1. The van der Waals surface area contributed by atoms with Gasteiger partial charge in [-0.05, 0) is 50.3 Å². The molecule has 4 nitrogen and oxygen atoms in total. The van der Waals surface area contributed by atoms with Crippen LogP contribution in [-0.4, -0.2) is 23.2 Å². The van der Waals surface area contributed by atoms with Crippen LogP contribution < -0.4 is 5.32 Å². The van der Waals surface area contributed by atoms with E-state index in [0.717, 1.165) is 44.1 Å². The number of nitrogens with zero attached hydrogens (tertiary/aromatic N) is 2. The molecule has 120 valence electrons. The Morgan fingerprint density at radius 2 is 1.95 bits per heavy atom. The van der Waals surface area contributed by atoms with Crippen molar-refractivity contribution in [1.82, 2.24) is 15.5 Å². The molecule has 1 unspecified atom stereocenters. The van der Waals surface area contributed by atoms with Crippen molar-refractivity contribution in [2.45, 2.75) is 38.5 Å². The zero-order chi connectivity index (χ0) is 14.3. The SMILES string of the molecule is Cl.c1ccc(CCc2noc(CC3CCCNCC3)n2)cc1. The van der Waals surface area contributed by atoms with Crippen LogP contribution in [0.15, 0.2) is 34.9 Å². The normalized spacial score (nSPS) is 18.5. The monoisotopic (exact) mass is 321 g/mol. The molecule has 1 aliphatic rings. The van der Waals surface area contributed by atoms with Crippen molar-refractivity contribution >= 4 is 12.4 Å². The van der Waals surface area contributed by atoms with Crippen LogP contribution in [-0.2, 0) is 19.3 Å². The maximum absolute atomic E-state index is 5.42. The lowest BCUT2D eigenvalue weighted by Gasteiger charge is -2.09. The molecule has 1 fully saturated rings. The second-order valence-corrected chi connectivity index (χ2v) is 5.84. The number of halogens is 1. The number of aromatic nitrogens is 2. The maximum atomic E-state index is 5.42. The van der Waals surface area contributed by atoms with Crippen LogP contribution in [0.4, 0.5) is 0 Å². The fourth-order valence-electron chi connectivity index (χ4n) is 2.92. The van der Waals surface area contributed by atoms with Crippen LogP contribution in [0.25, 0.3) is 0 Å². The van der Waals surface area contributed by atoms with Gasteiger partial charge in [-0.2, -0.15) is 4.98 Å². The lowest BCUT2D eigenvalue weighted by atomic mass is 9.97. The van der Waals surface area contributed by atoms with Crippen molar-refractivity contribution < 1.29 is 4.52 Å². The van der Waals surface area contributed by atoms with Gasteiger partial charge in [0.15, 0.2) is 5.82 Å². The van der Waals surface area contributed by atoms with E-state index in [-0.39, 0.29) is 12.4 Å². The lowest BCUT2D eigenvalue weighted by molar-refractivity contribution is 0.338. The summed E-state index contributed by atoms with van der Waals surface area (Å²) in [6.45, 7) is 2.25. The van der Waals surface area contributed by atoms with Gasteiger partial charge in [0.2, 0.25) is 5.89 Å². The van der Waals surface area contributed by atoms with Crippen LogP contribution in [0.1, 0.15) is 36.5 Å². The molecule has 1 saturated heterocycles. The van der Waals surface area contributed by atoms with E-state index in [4.69, 9.17) is 4.52 Å². The van der Waals surface area contributed by atoms with E-state index in [0.29, 0.717) is 5.92 Å². The third-order valence-corrected chi connectivity index (χ3v) is 4.15. The molecule has 0 amide bonds. The van der Waals surface area contributed by atoms with E-state index in [1.165, 1.54) is 24.8 Å². The van der Waals surface area contributed by atoms with Gasteiger partial charge in [-0.25, -0.2) is 0 Å². The van der Waals surface area contributed by atoms with Gasteiger partial charge in [0, 0.05) is 12.8 Å². The molecule has 2 heterocycles. The molecule has 1 aromatic heterocycles. The molecule has 1 N–H and O–H groups in total. The van der Waals surface area contributed by atoms with Gasteiger partial charge >= 0.3 is 0 Å². The van der Waals surface area contributed by atoms with Crippen LogP contribution in [0, 0.1) is 5.92 Å². The van der Waals surface area contributed by atoms with E-state index >= 15 is 0 Å². The van der Waals surface area contributed by atoms with E-state index in [1.54, 1.807) is 0 Å². The van der Waals surface area contributed by atoms with Crippen LogP contribution >= 0.6 is 12.4 Å². The first kappa shape index (κ1) is 17.0. The summed E-state index contributed by atoms with van der Waals surface area (Å²) >= 11 is 0. The molecule has 2 aromatic rings. The highest BCUT2D eigenvalue weighted by Crippen LogP contribution is 2.18. The highest BCUT2D eigenvalue weighted by atomic mass is 35.5. The number of aryl methyl sites for hydroxylation is 2. The number of benzene rings is 1. The Labute approximate surface area is 138 Å². The summed E-state index contributed by atoms with van der Waals surface area (Å²) in [6, 6.07) is 10.4. The van der Waals surface area contributed by atoms with Crippen molar-refractivity contribution in [3.63, 3.8) is 0 Å². The summed E-state index contributed by atoms with van der Waals surface area (Å²) in [6.07, 6.45) is 6.46. The summed E-state index contributed by atoms with van der Waals surface area (Å²) < 4.78 is 5.42. The summed E-state index contributed by atoms with van der Waals surface area (Å²) in [4.78, 5) is 4.55. The average molecular weight is 322 g/mol. The topological polar surface area (TPSA) is 51.0 Å². The van der Waals surface area contributed by atoms with E-state index in [2.05, 4.69) is 39.7 Å². The van der Waals surface area contributed by atoms with Gasteiger partial charge < -0.3 is 9.84 Å². The Balaban J connectivity index is 0.00000176. The van der Waals surface area contributed by atoms with E-state index in [9.17, 15) is 0 Å². The highest BCUT2D eigenvalue weighted by molar-refractivity contribution is 5.85. The smallest absolute Gasteiger partial charge is 0.226 e. The summed E-state index contributed by atoms with van der Waals surface area (Å²) in [7, 11) is 0. The maximum Gasteiger partial charge on any atom is 0.226 e. The van der Waals surface area contributed by atoms with Crippen molar-refractivity contribution in [2.75, 3.05) is 13.1 Å². The Morgan fingerprint density at radius 1 is 1.09 bits per heavy atom. The zero-order valence-electron chi connectivity index (χ0n) is 12.8. The molecule has 1 atom stereocenters. The molecule has 0 saturated carbocycles. The third-order valence-electron chi connectivity index (χ3n) is 4.15. The third kappa shape index (κ3) is 5.11. The standard InChI is InChI=1S/C17H23N3O.ClH/c1-2-5-14(6-3-1)8-9-16-19-17(21-20-16)13-15-7-4-11-18-12-10-15;/h1-3,5-6,15,18H,4,7-13H2;1H. The summed E-state index contributed by atoms with van der Waals surface area (Å²) in [5.41, 5.74) is 1.32. The minimum Gasteiger partial charge on any atom is -0.339 e. The van der Waals surface area contributed by atoms with Gasteiger partial charge in [0.25, 0.3) is 0 Å². The number of nitrogens with one attached hydrogen (secondary N) is 1. The van der Waals surface area contributed by atoms with Gasteiger partial charge in [0.05, 0.1) is 0 Å². The zero-order valence-corrected chi connectivity index (χ0v) is 13.6. The van der Waals surface area contributed by atoms with Gasteiger partial charge in [0.1, 0.15) is 0 Å². The molecular formula is C17H24ClN3O. The summed E-state index contributed by atoms with van der Waals surface area (Å²) in [5, 5.41) is 7.56. The van der Waals surface area contributed by atoms with Crippen molar-refractivity contribution in [3.05, 3.63) is 47.6 Å². The van der Waals surface area contributed by atoms with E-state index < -0.39 is 0 Å². The van der Waals surface area contributed by atoms with Crippen molar-refractivity contribution in [3.8, 4) is 0 Å². The molecule has 5 heteroatoms. The Bertz CT molecular complexity index is 536. The molecule has 0 spiro atoms. The summed E-state index contributed by atoms with van der Waals surface area (Å²) in [5.74, 6) is 2.33. The molecule has 3 rings (SSSR count). The number of hydrogen-bond acceptors (Lipinski definition) is 4. The minimum atomic E-state index is 0. The Kier molecular flexibility index (Phi) is 6.87.